The quantitative estimate of drug-likeness (QED) is 0.609. The van der Waals surface area contributed by atoms with Gasteiger partial charge in [-0.1, -0.05) is 0 Å². The second kappa shape index (κ2) is 6.60. The number of rotatable bonds is 5. The average molecular weight is 386 g/mol. The first kappa shape index (κ1) is 14.6. The Morgan fingerprint density at radius 3 is 3.00 bits per heavy atom. The molecular formula is C13H15IN4O2. The van der Waals surface area contributed by atoms with Crippen LogP contribution in [0.4, 0.5) is 11.4 Å². The molecule has 0 unspecified atom stereocenters. The van der Waals surface area contributed by atoms with Crippen molar-refractivity contribution in [2.75, 3.05) is 18.2 Å². The Kier molecular flexibility index (Phi) is 4.83. The summed E-state index contributed by atoms with van der Waals surface area (Å²) in [6.07, 6.45) is 3.98. The van der Waals surface area contributed by atoms with Crippen molar-refractivity contribution in [3.8, 4) is 5.75 Å². The second-order valence-electron chi connectivity index (χ2n) is 4.18. The van der Waals surface area contributed by atoms with E-state index in [1.165, 1.54) is 7.11 Å². The third kappa shape index (κ3) is 3.86. The number of aryl methyl sites for hydroxylation is 1. The molecule has 20 heavy (non-hydrogen) atoms. The number of carbonyl (C=O) groups excluding carboxylic acids is 1. The van der Waals surface area contributed by atoms with E-state index in [9.17, 15) is 4.79 Å². The van der Waals surface area contributed by atoms with Gasteiger partial charge in [0.15, 0.2) is 0 Å². The minimum absolute atomic E-state index is 0.0985. The molecule has 7 heteroatoms. The molecule has 106 valence electrons. The molecule has 1 heterocycles. The lowest BCUT2D eigenvalue weighted by Gasteiger charge is -2.10. The monoisotopic (exact) mass is 386 g/mol. The number of halogens is 1. The molecule has 6 nitrogen and oxygen atoms in total. The normalized spacial score (nSPS) is 10.3. The highest BCUT2D eigenvalue weighted by molar-refractivity contribution is 14.1. The summed E-state index contributed by atoms with van der Waals surface area (Å²) in [5.74, 6) is 0.450. The fourth-order valence-electron chi connectivity index (χ4n) is 1.70. The van der Waals surface area contributed by atoms with Crippen molar-refractivity contribution in [2.45, 2.75) is 13.0 Å². The zero-order valence-electron chi connectivity index (χ0n) is 11.0. The molecule has 0 aliphatic rings. The maximum Gasteiger partial charge on any atom is 0.226 e. The van der Waals surface area contributed by atoms with Gasteiger partial charge in [0.25, 0.3) is 0 Å². The van der Waals surface area contributed by atoms with Gasteiger partial charge in [0.2, 0.25) is 5.91 Å². The van der Waals surface area contributed by atoms with Crippen LogP contribution in [0.3, 0.4) is 0 Å². The summed E-state index contributed by atoms with van der Waals surface area (Å²) in [5.41, 5.74) is 6.87. The van der Waals surface area contributed by atoms with Crippen LogP contribution in [0.15, 0.2) is 30.6 Å². The number of benzene rings is 1. The molecule has 1 amide bonds. The highest BCUT2D eigenvalue weighted by Gasteiger charge is 2.08. The standard InChI is InChI=1S/C13H15IN4O2/c1-20-12-6-10(15)2-3-11(12)17-13(19)4-5-18-8-9(14)7-16-18/h2-3,6-8H,4-5,15H2,1H3,(H,17,19). The van der Waals surface area contributed by atoms with Crippen LogP contribution in [0.2, 0.25) is 0 Å². The maximum atomic E-state index is 11.9. The highest BCUT2D eigenvalue weighted by atomic mass is 127. The number of anilines is 2. The SMILES string of the molecule is COc1cc(N)ccc1NC(=O)CCn1cc(I)cn1. The second-order valence-corrected chi connectivity index (χ2v) is 5.43. The van der Waals surface area contributed by atoms with Gasteiger partial charge in [-0.15, -0.1) is 0 Å². The summed E-state index contributed by atoms with van der Waals surface area (Å²) in [5, 5.41) is 6.93. The number of nitrogens with zero attached hydrogens (tertiary/aromatic N) is 2. The molecular weight excluding hydrogens is 371 g/mol. The van der Waals surface area contributed by atoms with Crippen LogP contribution in [-0.4, -0.2) is 22.8 Å². The molecule has 0 spiro atoms. The van der Waals surface area contributed by atoms with Crippen LogP contribution in [0.5, 0.6) is 5.75 Å². The Morgan fingerprint density at radius 1 is 1.55 bits per heavy atom. The predicted molar refractivity (Wildman–Crippen MR) is 85.6 cm³/mol. The summed E-state index contributed by atoms with van der Waals surface area (Å²) in [4.78, 5) is 11.9. The number of carbonyl (C=O) groups is 1. The average Bonchev–Trinajstić information content (AvgIpc) is 2.84. The van der Waals surface area contributed by atoms with Crippen molar-refractivity contribution in [1.82, 2.24) is 9.78 Å². The number of methoxy groups -OCH3 is 1. The van der Waals surface area contributed by atoms with E-state index in [1.54, 1.807) is 29.1 Å². The van der Waals surface area contributed by atoms with Gasteiger partial charge in [0.1, 0.15) is 5.75 Å². The maximum absolute atomic E-state index is 11.9. The van der Waals surface area contributed by atoms with Gasteiger partial charge in [0, 0.05) is 30.9 Å². The first-order valence-electron chi connectivity index (χ1n) is 6.00. The number of hydrogen-bond acceptors (Lipinski definition) is 4. The fourth-order valence-corrected chi connectivity index (χ4v) is 2.15. The molecule has 0 aliphatic heterocycles. The first-order chi connectivity index (χ1) is 9.58. The lowest BCUT2D eigenvalue weighted by molar-refractivity contribution is -0.116. The van der Waals surface area contributed by atoms with Crippen LogP contribution in [-0.2, 0) is 11.3 Å². The Hall–Kier alpha value is -1.77. The molecule has 0 fully saturated rings. The zero-order valence-corrected chi connectivity index (χ0v) is 13.1. The molecule has 0 radical (unpaired) electrons. The van der Waals surface area contributed by atoms with Crippen LogP contribution >= 0.6 is 22.6 Å². The Balaban J connectivity index is 1.94. The topological polar surface area (TPSA) is 82.2 Å². The van der Waals surface area contributed by atoms with Crippen molar-refractivity contribution in [3.05, 3.63) is 34.2 Å². The van der Waals surface area contributed by atoms with Crippen molar-refractivity contribution in [1.29, 1.82) is 0 Å². The van der Waals surface area contributed by atoms with Gasteiger partial charge in [-0.25, -0.2) is 0 Å². The van der Waals surface area contributed by atoms with Crippen molar-refractivity contribution >= 4 is 39.9 Å². The molecule has 3 N–H and O–H groups in total. The summed E-state index contributed by atoms with van der Waals surface area (Å²) in [7, 11) is 1.54. The van der Waals surface area contributed by atoms with E-state index >= 15 is 0 Å². The van der Waals surface area contributed by atoms with Crippen molar-refractivity contribution < 1.29 is 9.53 Å². The van der Waals surface area contributed by atoms with E-state index in [4.69, 9.17) is 10.5 Å². The number of ether oxygens (including phenoxy) is 1. The van der Waals surface area contributed by atoms with Crippen molar-refractivity contribution in [3.63, 3.8) is 0 Å². The number of nitrogens with two attached hydrogens (primary N) is 1. The zero-order chi connectivity index (χ0) is 14.5. The minimum atomic E-state index is -0.0985. The molecule has 2 rings (SSSR count). The van der Waals surface area contributed by atoms with Crippen LogP contribution in [0.25, 0.3) is 0 Å². The molecule has 1 aromatic heterocycles. The summed E-state index contributed by atoms with van der Waals surface area (Å²) >= 11 is 2.18. The van der Waals surface area contributed by atoms with Gasteiger partial charge < -0.3 is 15.8 Å². The third-order valence-corrected chi connectivity index (χ3v) is 3.23. The van der Waals surface area contributed by atoms with E-state index in [0.29, 0.717) is 30.1 Å². The van der Waals surface area contributed by atoms with Crippen molar-refractivity contribution in [2.24, 2.45) is 0 Å². The van der Waals surface area contributed by atoms with Crippen LogP contribution in [0, 0.1) is 3.57 Å². The van der Waals surface area contributed by atoms with Gasteiger partial charge in [0.05, 0.1) is 22.6 Å². The van der Waals surface area contributed by atoms with E-state index < -0.39 is 0 Å². The van der Waals surface area contributed by atoms with Crippen LogP contribution < -0.4 is 15.8 Å². The number of aromatic nitrogens is 2. The summed E-state index contributed by atoms with van der Waals surface area (Å²) < 4.78 is 7.96. The lowest BCUT2D eigenvalue weighted by Crippen LogP contribution is -2.15. The lowest BCUT2D eigenvalue weighted by atomic mass is 10.2. The van der Waals surface area contributed by atoms with E-state index in [-0.39, 0.29) is 5.91 Å². The van der Waals surface area contributed by atoms with Gasteiger partial charge in [-0.3, -0.25) is 9.48 Å². The molecule has 0 saturated carbocycles. The van der Waals surface area contributed by atoms with E-state index in [1.807, 2.05) is 6.20 Å². The van der Waals surface area contributed by atoms with Gasteiger partial charge >= 0.3 is 0 Å². The van der Waals surface area contributed by atoms with Crippen LogP contribution in [0.1, 0.15) is 6.42 Å². The molecule has 0 saturated heterocycles. The number of nitrogens with one attached hydrogen (secondary N) is 1. The first-order valence-corrected chi connectivity index (χ1v) is 7.07. The summed E-state index contributed by atoms with van der Waals surface area (Å²) in [6.45, 7) is 0.534. The largest absolute Gasteiger partial charge is 0.494 e. The molecule has 0 bridgehead atoms. The van der Waals surface area contributed by atoms with Gasteiger partial charge in [-0.2, -0.15) is 5.10 Å². The minimum Gasteiger partial charge on any atom is -0.494 e. The Labute approximate surface area is 130 Å². The molecule has 0 aliphatic carbocycles. The number of nitrogen functional groups attached to an aromatic ring is 1. The molecule has 2 aromatic rings. The number of amides is 1. The number of hydrogen-bond donors (Lipinski definition) is 2. The van der Waals surface area contributed by atoms with E-state index in [0.717, 1.165) is 3.57 Å². The highest BCUT2D eigenvalue weighted by Crippen LogP contribution is 2.26. The fraction of sp³-hybridized carbons (Fsp3) is 0.231. The smallest absolute Gasteiger partial charge is 0.226 e. The molecule has 1 aromatic carbocycles. The summed E-state index contributed by atoms with van der Waals surface area (Å²) in [6, 6.07) is 5.11. The van der Waals surface area contributed by atoms with Gasteiger partial charge in [-0.05, 0) is 34.7 Å². The predicted octanol–water partition coefficient (Wildman–Crippen LogP) is 2.11. The molecule has 0 atom stereocenters. The Bertz CT molecular complexity index is 612. The van der Waals surface area contributed by atoms with E-state index in [2.05, 4.69) is 33.0 Å². The Morgan fingerprint density at radius 2 is 2.35 bits per heavy atom. The third-order valence-electron chi connectivity index (χ3n) is 2.67.